The Balaban J connectivity index is 4.97. The van der Waals surface area contributed by atoms with Crippen LogP contribution in [0.3, 0.4) is 0 Å². The van der Waals surface area contributed by atoms with Crippen LogP contribution >= 0.6 is 12.6 Å². The van der Waals surface area contributed by atoms with Crippen LogP contribution in [0.15, 0.2) is 0 Å². The second kappa shape index (κ2) is 10.9. The molecular weight excluding hydrogens is 336 g/mol. The molecule has 0 aliphatic heterocycles. The fourth-order valence-corrected chi connectivity index (χ4v) is 2.05. The van der Waals surface area contributed by atoms with Crippen LogP contribution in [-0.2, 0) is 19.2 Å². The van der Waals surface area contributed by atoms with E-state index in [1.54, 1.807) is 0 Å². The molecule has 0 unspecified atom stereocenters. The third kappa shape index (κ3) is 8.73. The van der Waals surface area contributed by atoms with Crippen molar-refractivity contribution in [3.05, 3.63) is 0 Å². The standard InChI is InChI=1S/C14H26N4O5S/c1-7(2)5-10(18-12(20)8(15)6-24)13(21)17-9(14(22)23)3-4-11(16)19/h7-10,24H,3-6,15H2,1-2H3,(H2,16,19)(H,17,21)(H,18,20)(H,22,23)/t8-,9-,10-/m0/s1. The fraction of sp³-hybridized carbons (Fsp3) is 0.714. The number of rotatable bonds is 11. The first-order valence-corrected chi connectivity index (χ1v) is 8.20. The predicted octanol–water partition coefficient (Wildman–Crippen LogP) is -1.39. The highest BCUT2D eigenvalue weighted by atomic mass is 32.1. The molecule has 0 saturated heterocycles. The molecule has 3 atom stereocenters. The van der Waals surface area contributed by atoms with Gasteiger partial charge in [0, 0.05) is 12.2 Å². The molecule has 9 nitrogen and oxygen atoms in total. The molecule has 0 fully saturated rings. The molecule has 0 aromatic rings. The van der Waals surface area contributed by atoms with Crippen molar-refractivity contribution in [3.63, 3.8) is 0 Å². The first kappa shape index (κ1) is 22.2. The van der Waals surface area contributed by atoms with Gasteiger partial charge in [-0.1, -0.05) is 13.8 Å². The first-order chi connectivity index (χ1) is 11.1. The Morgan fingerprint density at radius 1 is 1.08 bits per heavy atom. The molecule has 10 heteroatoms. The number of aliphatic carboxylic acids is 1. The van der Waals surface area contributed by atoms with Crippen molar-refractivity contribution < 1.29 is 24.3 Å². The molecule has 0 aromatic carbocycles. The highest BCUT2D eigenvalue weighted by Crippen LogP contribution is 2.07. The van der Waals surface area contributed by atoms with E-state index in [0.29, 0.717) is 6.42 Å². The molecule has 0 aliphatic carbocycles. The average molecular weight is 362 g/mol. The van der Waals surface area contributed by atoms with Gasteiger partial charge < -0.3 is 27.2 Å². The molecule has 0 bridgehead atoms. The third-order valence-corrected chi connectivity index (χ3v) is 3.56. The quantitative estimate of drug-likeness (QED) is 0.248. The maximum atomic E-state index is 12.3. The van der Waals surface area contributed by atoms with E-state index in [1.807, 2.05) is 13.8 Å². The molecule has 0 radical (unpaired) electrons. The summed E-state index contributed by atoms with van der Waals surface area (Å²) in [6.07, 6.45) is -0.00307. The number of hydrogen-bond donors (Lipinski definition) is 6. The molecule has 24 heavy (non-hydrogen) atoms. The number of nitrogens with one attached hydrogen (secondary N) is 2. The summed E-state index contributed by atoms with van der Waals surface area (Å²) in [5, 5.41) is 13.9. The first-order valence-electron chi connectivity index (χ1n) is 7.56. The van der Waals surface area contributed by atoms with Crippen LogP contribution in [0.25, 0.3) is 0 Å². The summed E-state index contributed by atoms with van der Waals surface area (Å²) in [6.45, 7) is 3.71. The van der Waals surface area contributed by atoms with Crippen molar-refractivity contribution in [1.82, 2.24) is 10.6 Å². The van der Waals surface area contributed by atoms with Gasteiger partial charge in [0.1, 0.15) is 12.1 Å². The van der Waals surface area contributed by atoms with E-state index < -0.39 is 41.8 Å². The van der Waals surface area contributed by atoms with Crippen molar-refractivity contribution in [2.24, 2.45) is 17.4 Å². The van der Waals surface area contributed by atoms with Gasteiger partial charge in [-0.15, -0.1) is 0 Å². The minimum atomic E-state index is -1.29. The lowest BCUT2D eigenvalue weighted by Crippen LogP contribution is -2.55. The van der Waals surface area contributed by atoms with Gasteiger partial charge >= 0.3 is 5.97 Å². The molecular formula is C14H26N4O5S. The summed E-state index contributed by atoms with van der Waals surface area (Å²) in [7, 11) is 0. The molecule has 138 valence electrons. The number of carboxylic acid groups (broad SMARTS) is 1. The topological polar surface area (TPSA) is 165 Å². The molecule has 0 aromatic heterocycles. The van der Waals surface area contributed by atoms with Gasteiger partial charge in [-0.25, -0.2) is 4.79 Å². The third-order valence-electron chi connectivity index (χ3n) is 3.17. The fourth-order valence-electron chi connectivity index (χ4n) is 1.88. The second-order valence-electron chi connectivity index (χ2n) is 5.88. The Morgan fingerprint density at radius 3 is 2.04 bits per heavy atom. The van der Waals surface area contributed by atoms with E-state index in [0.717, 1.165) is 0 Å². The normalized spacial score (nSPS) is 14.5. The number of thiol groups is 1. The lowest BCUT2D eigenvalue weighted by Gasteiger charge is -2.23. The van der Waals surface area contributed by atoms with Crippen molar-refractivity contribution in [2.75, 3.05) is 5.75 Å². The highest BCUT2D eigenvalue weighted by molar-refractivity contribution is 7.80. The summed E-state index contributed by atoms with van der Waals surface area (Å²) < 4.78 is 0. The zero-order valence-corrected chi connectivity index (χ0v) is 14.7. The van der Waals surface area contributed by atoms with E-state index in [1.165, 1.54) is 0 Å². The van der Waals surface area contributed by atoms with Crippen LogP contribution in [0.1, 0.15) is 33.1 Å². The SMILES string of the molecule is CC(C)C[C@H](NC(=O)[C@@H](N)CS)C(=O)N[C@@H](CCC(N)=O)C(=O)O. The number of carbonyl (C=O) groups excluding carboxylic acids is 3. The molecule has 0 rings (SSSR count). The van der Waals surface area contributed by atoms with Crippen LogP contribution in [-0.4, -0.2) is 52.7 Å². The number of carbonyl (C=O) groups is 4. The van der Waals surface area contributed by atoms with E-state index in [4.69, 9.17) is 16.6 Å². The maximum Gasteiger partial charge on any atom is 0.326 e. The molecule has 7 N–H and O–H groups in total. The van der Waals surface area contributed by atoms with Gasteiger partial charge in [-0.3, -0.25) is 14.4 Å². The summed E-state index contributed by atoms with van der Waals surface area (Å²) in [6, 6.07) is -3.07. The summed E-state index contributed by atoms with van der Waals surface area (Å²) in [5.74, 6) is -2.97. The van der Waals surface area contributed by atoms with Crippen molar-refractivity contribution in [2.45, 2.75) is 51.2 Å². The summed E-state index contributed by atoms with van der Waals surface area (Å²) in [4.78, 5) is 46.2. The Morgan fingerprint density at radius 2 is 1.62 bits per heavy atom. The van der Waals surface area contributed by atoms with Crippen LogP contribution < -0.4 is 22.1 Å². The average Bonchev–Trinajstić information content (AvgIpc) is 2.48. The van der Waals surface area contributed by atoms with Crippen molar-refractivity contribution >= 4 is 36.3 Å². The van der Waals surface area contributed by atoms with Gasteiger partial charge in [-0.2, -0.15) is 12.6 Å². The Kier molecular flexibility index (Phi) is 10.0. The minimum absolute atomic E-state index is 0.0715. The smallest absolute Gasteiger partial charge is 0.326 e. The van der Waals surface area contributed by atoms with Gasteiger partial charge in [-0.05, 0) is 18.8 Å². The molecule has 0 spiro atoms. The Hall–Kier alpha value is -1.81. The Labute approximate surface area is 146 Å². The number of carboxylic acids is 1. The molecule has 0 aliphatic rings. The van der Waals surface area contributed by atoms with E-state index in [-0.39, 0.29) is 24.5 Å². The van der Waals surface area contributed by atoms with Gasteiger partial charge in [0.15, 0.2) is 0 Å². The van der Waals surface area contributed by atoms with Gasteiger partial charge in [0.05, 0.1) is 6.04 Å². The van der Waals surface area contributed by atoms with E-state index in [2.05, 4.69) is 23.3 Å². The number of nitrogens with two attached hydrogens (primary N) is 2. The van der Waals surface area contributed by atoms with E-state index >= 15 is 0 Å². The van der Waals surface area contributed by atoms with Crippen molar-refractivity contribution in [1.29, 1.82) is 0 Å². The minimum Gasteiger partial charge on any atom is -0.480 e. The van der Waals surface area contributed by atoms with Gasteiger partial charge in [0.25, 0.3) is 0 Å². The van der Waals surface area contributed by atoms with Crippen LogP contribution in [0.4, 0.5) is 0 Å². The monoisotopic (exact) mass is 362 g/mol. The lowest BCUT2D eigenvalue weighted by atomic mass is 10.0. The summed E-state index contributed by atoms with van der Waals surface area (Å²) >= 11 is 3.92. The second-order valence-corrected chi connectivity index (χ2v) is 6.25. The maximum absolute atomic E-state index is 12.3. The number of hydrogen-bond acceptors (Lipinski definition) is 6. The lowest BCUT2D eigenvalue weighted by molar-refractivity contribution is -0.142. The zero-order chi connectivity index (χ0) is 18.9. The summed E-state index contributed by atoms with van der Waals surface area (Å²) in [5.41, 5.74) is 10.5. The molecule has 0 saturated carbocycles. The largest absolute Gasteiger partial charge is 0.480 e. The number of primary amides is 1. The Bertz CT molecular complexity index is 472. The molecule has 3 amide bonds. The zero-order valence-electron chi connectivity index (χ0n) is 13.8. The van der Waals surface area contributed by atoms with Crippen LogP contribution in [0, 0.1) is 5.92 Å². The van der Waals surface area contributed by atoms with Crippen LogP contribution in [0.5, 0.6) is 0 Å². The van der Waals surface area contributed by atoms with Gasteiger partial charge in [0.2, 0.25) is 17.7 Å². The van der Waals surface area contributed by atoms with E-state index in [9.17, 15) is 19.2 Å². The van der Waals surface area contributed by atoms with Crippen LogP contribution in [0.2, 0.25) is 0 Å². The predicted molar refractivity (Wildman–Crippen MR) is 91.2 cm³/mol. The number of amides is 3. The highest BCUT2D eigenvalue weighted by Gasteiger charge is 2.28. The van der Waals surface area contributed by atoms with Crippen molar-refractivity contribution in [3.8, 4) is 0 Å². The molecule has 0 heterocycles.